The largest absolute Gasteiger partial charge is 0.309 e. The zero-order chi connectivity index (χ0) is 14.1. The molecular weight excluding hydrogens is 234 g/mol. The van der Waals surface area contributed by atoms with Crippen LogP contribution in [0, 0.1) is 5.41 Å². The van der Waals surface area contributed by atoms with Crippen molar-refractivity contribution < 1.29 is 0 Å². The maximum atomic E-state index is 4.10. The van der Waals surface area contributed by atoms with Crippen molar-refractivity contribution in [1.29, 1.82) is 0 Å². The third-order valence-electron chi connectivity index (χ3n) is 3.95. The normalized spacial score (nSPS) is 24.4. The van der Waals surface area contributed by atoms with Crippen molar-refractivity contribution in [3.63, 3.8) is 0 Å². The Morgan fingerprint density at radius 2 is 1.95 bits per heavy atom. The summed E-state index contributed by atoms with van der Waals surface area (Å²) in [4.78, 5) is 6.72. The van der Waals surface area contributed by atoms with Crippen molar-refractivity contribution in [3.8, 4) is 0 Å². The van der Waals surface area contributed by atoms with Crippen LogP contribution in [0.1, 0.15) is 40.2 Å². The second-order valence-corrected chi connectivity index (χ2v) is 7.41. The minimum absolute atomic E-state index is 0.189. The Hall–Kier alpha value is -0.930. The third-order valence-corrected chi connectivity index (χ3v) is 3.95. The topological polar surface area (TPSA) is 28.2 Å². The van der Waals surface area contributed by atoms with E-state index in [2.05, 4.69) is 62.0 Å². The number of hydrogen-bond donors (Lipinski definition) is 1. The molecule has 3 heteroatoms. The van der Waals surface area contributed by atoms with Gasteiger partial charge in [-0.2, -0.15) is 0 Å². The molecule has 1 aromatic heterocycles. The molecule has 1 fully saturated rings. The Kier molecular flexibility index (Phi) is 3.98. The van der Waals surface area contributed by atoms with Crippen LogP contribution >= 0.6 is 0 Å². The Morgan fingerprint density at radius 1 is 1.32 bits per heavy atom. The average Bonchev–Trinajstić information content (AvgIpc) is 2.27. The molecule has 0 spiro atoms. The van der Waals surface area contributed by atoms with Crippen LogP contribution in [-0.4, -0.2) is 34.6 Å². The van der Waals surface area contributed by atoms with Crippen LogP contribution < -0.4 is 5.32 Å². The first-order valence-corrected chi connectivity index (χ1v) is 7.16. The molecule has 3 nitrogen and oxygen atoms in total. The van der Waals surface area contributed by atoms with E-state index in [1.165, 1.54) is 5.56 Å². The van der Waals surface area contributed by atoms with Crippen LogP contribution in [0.25, 0.3) is 0 Å². The first-order chi connectivity index (χ1) is 8.78. The van der Waals surface area contributed by atoms with Gasteiger partial charge in [0, 0.05) is 43.6 Å². The first-order valence-electron chi connectivity index (χ1n) is 7.16. The van der Waals surface area contributed by atoms with E-state index in [-0.39, 0.29) is 11.0 Å². The zero-order valence-electron chi connectivity index (χ0n) is 12.9. The number of hydrogen-bond acceptors (Lipinski definition) is 3. The fourth-order valence-electron chi connectivity index (χ4n) is 2.92. The molecule has 1 aliphatic rings. The molecule has 19 heavy (non-hydrogen) atoms. The van der Waals surface area contributed by atoms with Gasteiger partial charge in [-0.15, -0.1) is 0 Å². The molecule has 0 aliphatic carbocycles. The summed E-state index contributed by atoms with van der Waals surface area (Å²) in [6, 6.07) is 4.80. The van der Waals surface area contributed by atoms with Gasteiger partial charge in [0.05, 0.1) is 0 Å². The molecule has 0 amide bonds. The monoisotopic (exact) mass is 261 g/mol. The van der Waals surface area contributed by atoms with Gasteiger partial charge in [0.1, 0.15) is 0 Å². The molecule has 2 rings (SSSR count). The highest BCUT2D eigenvalue weighted by Gasteiger charge is 2.38. The first kappa shape index (κ1) is 14.5. The number of nitrogens with one attached hydrogen (secondary N) is 1. The van der Waals surface area contributed by atoms with Gasteiger partial charge in [0.15, 0.2) is 0 Å². The van der Waals surface area contributed by atoms with Crippen molar-refractivity contribution in [3.05, 3.63) is 30.1 Å². The molecule has 1 unspecified atom stereocenters. The summed E-state index contributed by atoms with van der Waals surface area (Å²) < 4.78 is 0. The lowest BCUT2D eigenvalue weighted by atomic mass is 9.82. The van der Waals surface area contributed by atoms with Gasteiger partial charge in [-0.25, -0.2) is 0 Å². The maximum absolute atomic E-state index is 4.10. The predicted octanol–water partition coefficient (Wildman–Crippen LogP) is 2.68. The molecule has 106 valence electrons. The number of aromatic nitrogens is 1. The molecule has 1 aliphatic heterocycles. The second kappa shape index (κ2) is 5.22. The van der Waals surface area contributed by atoms with Gasteiger partial charge in [-0.3, -0.25) is 9.88 Å². The van der Waals surface area contributed by atoms with E-state index in [1.807, 2.05) is 12.4 Å². The second-order valence-electron chi connectivity index (χ2n) is 7.41. The summed E-state index contributed by atoms with van der Waals surface area (Å²) in [5.74, 6) is 0. The van der Waals surface area contributed by atoms with Crippen molar-refractivity contribution in [1.82, 2.24) is 15.2 Å². The Bertz CT molecular complexity index is 406. The number of nitrogens with zero attached hydrogens (tertiary/aromatic N) is 2. The molecule has 1 saturated heterocycles. The van der Waals surface area contributed by atoms with Gasteiger partial charge in [-0.1, -0.05) is 20.8 Å². The van der Waals surface area contributed by atoms with Crippen LogP contribution in [0.4, 0.5) is 0 Å². The highest BCUT2D eigenvalue weighted by molar-refractivity contribution is 5.11. The number of rotatable bonds is 2. The fourth-order valence-corrected chi connectivity index (χ4v) is 2.92. The zero-order valence-corrected chi connectivity index (χ0v) is 12.9. The van der Waals surface area contributed by atoms with Crippen molar-refractivity contribution in [2.75, 3.05) is 13.1 Å². The SMILES string of the molecule is CC1(C)CN(Cc2ccncc2)C(C(C)(C)C)CN1. The lowest BCUT2D eigenvalue weighted by Crippen LogP contribution is -2.64. The van der Waals surface area contributed by atoms with Gasteiger partial charge in [-0.05, 0) is 37.0 Å². The highest BCUT2D eigenvalue weighted by atomic mass is 15.3. The minimum atomic E-state index is 0.189. The molecule has 1 atom stereocenters. The Morgan fingerprint density at radius 3 is 2.53 bits per heavy atom. The van der Waals surface area contributed by atoms with E-state index in [9.17, 15) is 0 Å². The number of pyridine rings is 1. The Balaban J connectivity index is 2.16. The van der Waals surface area contributed by atoms with E-state index in [1.54, 1.807) is 0 Å². The van der Waals surface area contributed by atoms with E-state index >= 15 is 0 Å². The lowest BCUT2D eigenvalue weighted by molar-refractivity contribution is 0.0272. The average molecular weight is 261 g/mol. The van der Waals surface area contributed by atoms with Crippen molar-refractivity contribution in [2.45, 2.75) is 52.7 Å². The molecule has 0 bridgehead atoms. The number of piperazine rings is 1. The van der Waals surface area contributed by atoms with Crippen LogP contribution in [0.3, 0.4) is 0 Å². The van der Waals surface area contributed by atoms with Gasteiger partial charge < -0.3 is 5.32 Å². The van der Waals surface area contributed by atoms with Crippen LogP contribution in [0.5, 0.6) is 0 Å². The van der Waals surface area contributed by atoms with Crippen molar-refractivity contribution >= 4 is 0 Å². The van der Waals surface area contributed by atoms with E-state index in [0.717, 1.165) is 19.6 Å². The molecular formula is C16H27N3. The third kappa shape index (κ3) is 3.77. The van der Waals surface area contributed by atoms with E-state index in [0.29, 0.717) is 6.04 Å². The van der Waals surface area contributed by atoms with E-state index < -0.39 is 0 Å². The van der Waals surface area contributed by atoms with Gasteiger partial charge >= 0.3 is 0 Å². The van der Waals surface area contributed by atoms with E-state index in [4.69, 9.17) is 0 Å². The van der Waals surface area contributed by atoms with Gasteiger partial charge in [0.25, 0.3) is 0 Å². The minimum Gasteiger partial charge on any atom is -0.309 e. The van der Waals surface area contributed by atoms with Crippen LogP contribution in [0.15, 0.2) is 24.5 Å². The highest BCUT2D eigenvalue weighted by Crippen LogP contribution is 2.29. The van der Waals surface area contributed by atoms with Gasteiger partial charge in [0.2, 0.25) is 0 Å². The summed E-state index contributed by atoms with van der Waals surface area (Å²) in [6.45, 7) is 14.7. The summed E-state index contributed by atoms with van der Waals surface area (Å²) in [6.07, 6.45) is 3.77. The molecule has 1 N–H and O–H groups in total. The lowest BCUT2D eigenvalue weighted by Gasteiger charge is -2.49. The van der Waals surface area contributed by atoms with Crippen LogP contribution in [-0.2, 0) is 6.54 Å². The molecule has 2 heterocycles. The molecule has 0 radical (unpaired) electrons. The quantitative estimate of drug-likeness (QED) is 0.887. The summed E-state index contributed by atoms with van der Waals surface area (Å²) in [7, 11) is 0. The summed E-state index contributed by atoms with van der Waals surface area (Å²) in [5, 5.41) is 3.68. The Labute approximate surface area is 117 Å². The molecule has 0 aromatic carbocycles. The maximum Gasteiger partial charge on any atom is 0.0273 e. The molecule has 1 aromatic rings. The van der Waals surface area contributed by atoms with Crippen molar-refractivity contribution in [2.24, 2.45) is 5.41 Å². The summed E-state index contributed by atoms with van der Waals surface area (Å²) in [5.41, 5.74) is 1.83. The fraction of sp³-hybridized carbons (Fsp3) is 0.688. The predicted molar refractivity (Wildman–Crippen MR) is 80.0 cm³/mol. The standard InChI is InChI=1S/C16H27N3/c1-15(2,3)14-10-18-16(4,5)12-19(14)11-13-6-8-17-9-7-13/h6-9,14,18H,10-12H2,1-5H3. The smallest absolute Gasteiger partial charge is 0.0273 e. The summed E-state index contributed by atoms with van der Waals surface area (Å²) >= 11 is 0. The van der Waals surface area contributed by atoms with Crippen LogP contribution in [0.2, 0.25) is 0 Å². The molecule has 0 saturated carbocycles.